The molecule has 1 heteroatoms. The van der Waals surface area contributed by atoms with Crippen LogP contribution >= 0.6 is 0 Å². The summed E-state index contributed by atoms with van der Waals surface area (Å²) in [6.07, 6.45) is 2.37. The zero-order valence-electron chi connectivity index (χ0n) is 12.4. The molecule has 0 saturated carbocycles. The highest BCUT2D eigenvalue weighted by Gasteiger charge is 2.61. The van der Waals surface area contributed by atoms with Crippen molar-refractivity contribution in [3.05, 3.63) is 71.8 Å². The van der Waals surface area contributed by atoms with Crippen molar-refractivity contribution < 1.29 is 0 Å². The van der Waals surface area contributed by atoms with E-state index in [9.17, 15) is 0 Å². The maximum atomic E-state index is 2.66. The largest absolute Gasteiger partial charge is 0.283 e. The summed E-state index contributed by atoms with van der Waals surface area (Å²) in [6, 6.07) is 22.5. The summed E-state index contributed by atoms with van der Waals surface area (Å²) in [6.45, 7) is 5.76. The molecule has 0 spiro atoms. The lowest BCUT2D eigenvalue weighted by Crippen LogP contribution is -2.16. The van der Waals surface area contributed by atoms with Gasteiger partial charge in [0.2, 0.25) is 0 Å². The smallest absolute Gasteiger partial charge is 0.0662 e. The van der Waals surface area contributed by atoms with Crippen LogP contribution in [0.25, 0.3) is 0 Å². The van der Waals surface area contributed by atoms with E-state index in [4.69, 9.17) is 0 Å². The van der Waals surface area contributed by atoms with Gasteiger partial charge in [-0.1, -0.05) is 74.5 Å². The van der Waals surface area contributed by atoms with Gasteiger partial charge in [0.25, 0.3) is 0 Å². The van der Waals surface area contributed by atoms with Gasteiger partial charge in [0.15, 0.2) is 0 Å². The van der Waals surface area contributed by atoms with Crippen molar-refractivity contribution in [1.29, 1.82) is 0 Å². The number of hydrogen-bond donors (Lipinski definition) is 0. The fourth-order valence-electron chi connectivity index (χ4n) is 3.70. The SMILES string of the molecule is CCCN1[C@@H](c2ccccc2)[C@@]1(CC)c1ccccc1. The summed E-state index contributed by atoms with van der Waals surface area (Å²) >= 11 is 0. The van der Waals surface area contributed by atoms with Crippen LogP contribution < -0.4 is 0 Å². The second kappa shape index (κ2) is 5.41. The van der Waals surface area contributed by atoms with Crippen molar-refractivity contribution in [2.24, 2.45) is 0 Å². The van der Waals surface area contributed by atoms with E-state index in [0.29, 0.717) is 6.04 Å². The fourth-order valence-corrected chi connectivity index (χ4v) is 3.70. The molecule has 1 nitrogen and oxygen atoms in total. The van der Waals surface area contributed by atoms with Crippen LogP contribution in [0.2, 0.25) is 0 Å². The minimum Gasteiger partial charge on any atom is -0.283 e. The van der Waals surface area contributed by atoms with Crippen molar-refractivity contribution in [2.75, 3.05) is 6.54 Å². The molecule has 3 rings (SSSR count). The van der Waals surface area contributed by atoms with Crippen LogP contribution in [0.1, 0.15) is 43.9 Å². The van der Waals surface area contributed by atoms with Gasteiger partial charge in [-0.15, -0.1) is 0 Å². The Bertz CT molecular complexity index is 548. The Morgan fingerprint density at radius 3 is 2.05 bits per heavy atom. The van der Waals surface area contributed by atoms with Gasteiger partial charge >= 0.3 is 0 Å². The zero-order valence-corrected chi connectivity index (χ0v) is 12.4. The lowest BCUT2D eigenvalue weighted by atomic mass is 9.89. The highest BCUT2D eigenvalue weighted by atomic mass is 15.4. The second-order valence-corrected chi connectivity index (χ2v) is 5.65. The second-order valence-electron chi connectivity index (χ2n) is 5.65. The average molecular weight is 265 g/mol. The minimum absolute atomic E-state index is 0.207. The molecule has 0 bridgehead atoms. The number of hydrogen-bond acceptors (Lipinski definition) is 1. The lowest BCUT2D eigenvalue weighted by Gasteiger charge is -2.16. The summed E-state index contributed by atoms with van der Waals surface area (Å²) in [5, 5.41) is 0. The topological polar surface area (TPSA) is 3.01 Å². The molecule has 0 amide bonds. The van der Waals surface area contributed by atoms with Gasteiger partial charge in [0, 0.05) is 0 Å². The van der Waals surface area contributed by atoms with E-state index in [0.717, 1.165) is 6.42 Å². The molecule has 1 fully saturated rings. The monoisotopic (exact) mass is 265 g/mol. The fraction of sp³-hybridized carbons (Fsp3) is 0.368. The van der Waals surface area contributed by atoms with Crippen molar-refractivity contribution in [1.82, 2.24) is 4.90 Å². The van der Waals surface area contributed by atoms with E-state index >= 15 is 0 Å². The molecule has 1 saturated heterocycles. The number of benzene rings is 2. The number of nitrogens with zero attached hydrogens (tertiary/aromatic N) is 1. The lowest BCUT2D eigenvalue weighted by molar-refractivity contribution is 0.397. The molecular weight excluding hydrogens is 242 g/mol. The van der Waals surface area contributed by atoms with Crippen LogP contribution in [-0.4, -0.2) is 11.4 Å². The molecule has 1 aliphatic heterocycles. The van der Waals surface area contributed by atoms with Crippen LogP contribution in [0.15, 0.2) is 60.7 Å². The molecule has 3 atom stereocenters. The maximum Gasteiger partial charge on any atom is 0.0662 e. The normalized spacial score (nSPS) is 28.3. The minimum atomic E-state index is 0.207. The first-order valence-corrected chi connectivity index (χ1v) is 7.71. The third kappa shape index (κ3) is 1.97. The Balaban J connectivity index is 2.01. The van der Waals surface area contributed by atoms with Crippen LogP contribution in [0.3, 0.4) is 0 Å². The molecule has 0 aromatic heterocycles. The summed E-state index contributed by atoms with van der Waals surface area (Å²) in [4.78, 5) is 2.66. The molecule has 2 aromatic carbocycles. The molecule has 0 aliphatic carbocycles. The Kier molecular flexibility index (Phi) is 3.62. The van der Waals surface area contributed by atoms with Crippen LogP contribution in [0.5, 0.6) is 0 Å². The predicted molar refractivity (Wildman–Crippen MR) is 84.6 cm³/mol. The average Bonchev–Trinajstić information content (AvgIpc) is 3.18. The number of rotatable bonds is 5. The Labute approximate surface area is 122 Å². The first-order chi connectivity index (χ1) is 9.84. The van der Waals surface area contributed by atoms with Gasteiger partial charge in [-0.25, -0.2) is 0 Å². The molecule has 1 unspecified atom stereocenters. The first kappa shape index (κ1) is 13.4. The van der Waals surface area contributed by atoms with E-state index in [2.05, 4.69) is 79.4 Å². The van der Waals surface area contributed by atoms with E-state index in [1.807, 2.05) is 0 Å². The van der Waals surface area contributed by atoms with E-state index in [-0.39, 0.29) is 5.54 Å². The Morgan fingerprint density at radius 2 is 1.50 bits per heavy atom. The van der Waals surface area contributed by atoms with Crippen LogP contribution in [-0.2, 0) is 5.54 Å². The molecule has 104 valence electrons. The summed E-state index contributed by atoms with van der Waals surface area (Å²) in [7, 11) is 0. The van der Waals surface area contributed by atoms with Crippen LogP contribution in [0.4, 0.5) is 0 Å². The van der Waals surface area contributed by atoms with Gasteiger partial charge in [-0.2, -0.15) is 0 Å². The van der Waals surface area contributed by atoms with Gasteiger partial charge in [0.05, 0.1) is 11.6 Å². The van der Waals surface area contributed by atoms with Gasteiger partial charge in [-0.3, -0.25) is 4.90 Å². The van der Waals surface area contributed by atoms with Crippen LogP contribution in [0, 0.1) is 0 Å². The first-order valence-electron chi connectivity index (χ1n) is 7.71. The summed E-state index contributed by atoms with van der Waals surface area (Å²) in [5.74, 6) is 0. The standard InChI is InChI=1S/C19H23N/c1-3-15-20-18(16-11-7-5-8-12-16)19(20,4-2)17-13-9-6-10-14-17/h5-14,18H,3-4,15H2,1-2H3/t18-,19+,20?/m0/s1. The molecule has 0 N–H and O–H groups in total. The third-order valence-electron chi connectivity index (χ3n) is 4.60. The molecule has 20 heavy (non-hydrogen) atoms. The molecule has 0 radical (unpaired) electrons. The van der Waals surface area contributed by atoms with Crippen molar-refractivity contribution in [3.8, 4) is 0 Å². The summed E-state index contributed by atoms with van der Waals surface area (Å²) < 4.78 is 0. The van der Waals surface area contributed by atoms with Crippen molar-refractivity contribution in [2.45, 2.75) is 38.3 Å². The van der Waals surface area contributed by atoms with E-state index in [1.165, 1.54) is 24.1 Å². The Morgan fingerprint density at radius 1 is 0.900 bits per heavy atom. The van der Waals surface area contributed by atoms with Crippen molar-refractivity contribution >= 4 is 0 Å². The maximum absolute atomic E-state index is 2.66. The predicted octanol–water partition coefficient (Wildman–Crippen LogP) is 4.76. The molecule has 1 aliphatic rings. The summed E-state index contributed by atoms with van der Waals surface area (Å²) in [5.41, 5.74) is 3.12. The van der Waals surface area contributed by atoms with E-state index in [1.54, 1.807) is 0 Å². The quantitative estimate of drug-likeness (QED) is 0.704. The van der Waals surface area contributed by atoms with Gasteiger partial charge < -0.3 is 0 Å². The van der Waals surface area contributed by atoms with Crippen molar-refractivity contribution in [3.63, 3.8) is 0 Å². The Hall–Kier alpha value is -1.60. The molecule has 2 aromatic rings. The van der Waals surface area contributed by atoms with Gasteiger partial charge in [0.1, 0.15) is 0 Å². The highest BCUT2D eigenvalue weighted by Crippen LogP contribution is 2.61. The third-order valence-corrected chi connectivity index (χ3v) is 4.60. The zero-order chi connectivity index (χ0) is 14.0. The molecule has 1 heterocycles. The molecular formula is C19H23N. The van der Waals surface area contributed by atoms with E-state index < -0.39 is 0 Å². The van der Waals surface area contributed by atoms with Gasteiger partial charge in [-0.05, 0) is 30.5 Å². The highest BCUT2D eigenvalue weighted by molar-refractivity contribution is 5.41.